The summed E-state index contributed by atoms with van der Waals surface area (Å²) in [4.78, 5) is 12.2. The van der Waals surface area contributed by atoms with Gasteiger partial charge in [-0.25, -0.2) is 0 Å². The minimum atomic E-state index is -0.314. The van der Waals surface area contributed by atoms with Crippen molar-refractivity contribution in [2.24, 2.45) is 0 Å². The topological polar surface area (TPSA) is 64.3 Å². The lowest BCUT2D eigenvalue weighted by atomic mass is 9.96. The molecule has 1 aliphatic rings. The molecule has 4 heteroatoms. The lowest BCUT2D eigenvalue weighted by molar-refractivity contribution is -0.121. The Bertz CT molecular complexity index is 290. The molecule has 13 heavy (non-hydrogen) atoms. The lowest BCUT2D eigenvalue weighted by Crippen LogP contribution is -2.44. The predicted molar refractivity (Wildman–Crippen MR) is 46.7 cm³/mol. The quantitative estimate of drug-likeness (QED) is 0.611. The average Bonchev–Trinajstić information content (AvgIpc) is 2.04. The number of hydrogen-bond acceptors (Lipinski definition) is 3. The lowest BCUT2D eigenvalue weighted by Gasteiger charge is -2.35. The van der Waals surface area contributed by atoms with Gasteiger partial charge in [0.25, 0.3) is 0 Å². The molecule has 1 N–H and O–H groups in total. The zero-order chi connectivity index (χ0) is 10.0. The summed E-state index contributed by atoms with van der Waals surface area (Å²) in [6, 6.07) is 1.57. The second-order valence-electron chi connectivity index (χ2n) is 3.25. The van der Waals surface area contributed by atoms with Crippen molar-refractivity contribution in [2.45, 2.75) is 32.4 Å². The molecule has 0 spiro atoms. The van der Waals surface area contributed by atoms with Crippen LogP contribution < -0.4 is 0 Å². The Balaban J connectivity index is 3.03. The van der Waals surface area contributed by atoms with Gasteiger partial charge in [-0.05, 0) is 13.8 Å². The highest BCUT2D eigenvalue weighted by molar-refractivity contribution is 5.52. The van der Waals surface area contributed by atoms with Gasteiger partial charge in [-0.1, -0.05) is 0 Å². The summed E-state index contributed by atoms with van der Waals surface area (Å²) in [6.45, 7) is 3.58. The Hall–Kier alpha value is -1.50. The highest BCUT2D eigenvalue weighted by Crippen LogP contribution is 2.24. The molecule has 2 atom stereocenters. The summed E-state index contributed by atoms with van der Waals surface area (Å²) < 4.78 is 0. The van der Waals surface area contributed by atoms with Crippen LogP contribution >= 0.6 is 0 Å². The molecule has 1 heterocycles. The molecule has 0 aromatic heterocycles. The van der Waals surface area contributed by atoms with Crippen LogP contribution in [0.4, 0.5) is 0 Å². The van der Waals surface area contributed by atoms with Gasteiger partial charge < -0.3 is 10.0 Å². The van der Waals surface area contributed by atoms with Crippen molar-refractivity contribution in [1.29, 1.82) is 5.26 Å². The van der Waals surface area contributed by atoms with Crippen LogP contribution in [0.15, 0.2) is 11.3 Å². The van der Waals surface area contributed by atoms with Crippen molar-refractivity contribution in [2.75, 3.05) is 0 Å². The monoisotopic (exact) mass is 180 g/mol. The molecule has 0 fully saturated rings. The van der Waals surface area contributed by atoms with E-state index in [1.807, 2.05) is 13.0 Å². The highest BCUT2D eigenvalue weighted by atomic mass is 16.3. The maximum Gasteiger partial charge on any atom is 0.210 e. The molecule has 1 unspecified atom stereocenters. The van der Waals surface area contributed by atoms with E-state index in [1.54, 1.807) is 6.92 Å². The largest absolute Gasteiger partial charge is 0.511 e. The third-order valence-electron chi connectivity index (χ3n) is 2.42. The molecule has 1 rings (SSSR count). The molecule has 70 valence electrons. The van der Waals surface area contributed by atoms with Gasteiger partial charge in [-0.2, -0.15) is 5.26 Å². The predicted octanol–water partition coefficient (Wildman–Crippen LogP) is 0.961. The number of aliphatic hydroxyl groups is 1. The Morgan fingerprint density at radius 2 is 2.31 bits per heavy atom. The fraction of sp³-hybridized carbons (Fsp3) is 0.556. The van der Waals surface area contributed by atoms with E-state index in [4.69, 9.17) is 5.26 Å². The van der Waals surface area contributed by atoms with Crippen molar-refractivity contribution in [3.8, 4) is 6.07 Å². The maximum atomic E-state index is 10.7. The van der Waals surface area contributed by atoms with Crippen molar-refractivity contribution in [3.63, 3.8) is 0 Å². The van der Waals surface area contributed by atoms with E-state index >= 15 is 0 Å². The first-order valence-electron chi connectivity index (χ1n) is 4.16. The van der Waals surface area contributed by atoms with Gasteiger partial charge in [0.2, 0.25) is 6.41 Å². The number of rotatable bonds is 1. The van der Waals surface area contributed by atoms with E-state index in [-0.39, 0.29) is 17.8 Å². The van der Waals surface area contributed by atoms with Crippen molar-refractivity contribution in [3.05, 3.63) is 11.3 Å². The molecular weight excluding hydrogens is 168 g/mol. The van der Waals surface area contributed by atoms with E-state index in [1.165, 1.54) is 4.90 Å². The summed E-state index contributed by atoms with van der Waals surface area (Å²) in [5.74, 6) is 0.112. The van der Waals surface area contributed by atoms with Gasteiger partial charge in [-0.15, -0.1) is 0 Å². The van der Waals surface area contributed by atoms with E-state index in [2.05, 4.69) is 0 Å². The van der Waals surface area contributed by atoms with E-state index < -0.39 is 0 Å². The Kier molecular flexibility index (Phi) is 2.57. The van der Waals surface area contributed by atoms with Crippen molar-refractivity contribution < 1.29 is 9.90 Å². The smallest absolute Gasteiger partial charge is 0.210 e. The van der Waals surface area contributed by atoms with Gasteiger partial charge in [-0.3, -0.25) is 4.79 Å². The Labute approximate surface area is 77.1 Å². The molecular formula is C9H12N2O2. The first-order chi connectivity index (χ1) is 6.11. The van der Waals surface area contributed by atoms with Crippen molar-refractivity contribution >= 4 is 6.41 Å². The molecule has 1 aliphatic heterocycles. The SMILES string of the molecule is CC1CC(O)=C(C#N)[C@H](C)N1C=O. The third kappa shape index (κ3) is 1.50. The molecule has 0 aromatic carbocycles. The number of hydrogen-bond donors (Lipinski definition) is 1. The van der Waals surface area contributed by atoms with Crippen LogP contribution in [0.1, 0.15) is 20.3 Å². The van der Waals surface area contributed by atoms with Crippen LogP contribution in [0.2, 0.25) is 0 Å². The minimum Gasteiger partial charge on any atom is -0.511 e. The van der Waals surface area contributed by atoms with E-state index in [9.17, 15) is 9.90 Å². The van der Waals surface area contributed by atoms with Gasteiger partial charge in [0.05, 0.1) is 11.6 Å². The number of carbonyl (C=O) groups is 1. The second kappa shape index (κ2) is 3.48. The number of carbonyl (C=O) groups excluding carboxylic acids is 1. The third-order valence-corrected chi connectivity index (χ3v) is 2.42. The summed E-state index contributed by atoms with van der Waals surface area (Å²) in [7, 11) is 0. The Morgan fingerprint density at radius 3 is 2.77 bits per heavy atom. The van der Waals surface area contributed by atoms with Crippen LogP contribution in [0.25, 0.3) is 0 Å². The first kappa shape index (κ1) is 9.59. The van der Waals surface area contributed by atoms with Crippen LogP contribution in [-0.4, -0.2) is 28.5 Å². The highest BCUT2D eigenvalue weighted by Gasteiger charge is 2.30. The van der Waals surface area contributed by atoms with E-state index in [0.29, 0.717) is 12.0 Å². The standard InChI is InChI=1S/C9H12N2O2/c1-6-3-9(13)8(4-10)7(2)11(6)5-12/h5-7,13H,3H2,1-2H3/t6?,7-/m0/s1. The van der Waals surface area contributed by atoms with E-state index in [0.717, 1.165) is 6.41 Å². The number of nitrogens with zero attached hydrogens (tertiary/aromatic N) is 2. The van der Waals surface area contributed by atoms with Crippen LogP contribution in [-0.2, 0) is 4.79 Å². The van der Waals surface area contributed by atoms with Crippen LogP contribution in [0.3, 0.4) is 0 Å². The average molecular weight is 180 g/mol. The summed E-state index contributed by atoms with van der Waals surface area (Å²) in [5.41, 5.74) is 0.296. The minimum absolute atomic E-state index is 0.0374. The van der Waals surface area contributed by atoms with Crippen LogP contribution in [0.5, 0.6) is 0 Å². The normalized spacial score (nSPS) is 28.5. The molecule has 0 saturated carbocycles. The molecule has 0 aromatic rings. The van der Waals surface area contributed by atoms with Gasteiger partial charge >= 0.3 is 0 Å². The molecule has 0 saturated heterocycles. The summed E-state index contributed by atoms with van der Waals surface area (Å²) in [6.07, 6.45) is 1.09. The molecule has 0 aliphatic carbocycles. The summed E-state index contributed by atoms with van der Waals surface area (Å²) in [5, 5.41) is 18.2. The second-order valence-corrected chi connectivity index (χ2v) is 3.25. The zero-order valence-electron chi connectivity index (χ0n) is 7.69. The zero-order valence-corrected chi connectivity index (χ0v) is 7.69. The molecule has 4 nitrogen and oxygen atoms in total. The number of nitriles is 1. The fourth-order valence-corrected chi connectivity index (χ4v) is 1.62. The van der Waals surface area contributed by atoms with Crippen LogP contribution in [0, 0.1) is 11.3 Å². The van der Waals surface area contributed by atoms with Gasteiger partial charge in [0, 0.05) is 12.5 Å². The molecule has 1 amide bonds. The molecule has 0 bridgehead atoms. The van der Waals surface area contributed by atoms with Gasteiger partial charge in [0.1, 0.15) is 11.8 Å². The summed E-state index contributed by atoms with van der Waals surface area (Å²) >= 11 is 0. The van der Waals surface area contributed by atoms with Gasteiger partial charge in [0.15, 0.2) is 0 Å². The number of aliphatic hydroxyl groups excluding tert-OH is 1. The maximum absolute atomic E-state index is 10.7. The fourth-order valence-electron chi connectivity index (χ4n) is 1.62. The first-order valence-corrected chi connectivity index (χ1v) is 4.16. The number of amides is 1. The molecule has 0 radical (unpaired) electrons. The van der Waals surface area contributed by atoms with Crippen molar-refractivity contribution in [1.82, 2.24) is 4.90 Å². The Morgan fingerprint density at radius 1 is 1.69 bits per heavy atom.